The van der Waals surface area contributed by atoms with Crippen LogP contribution in [-0.4, -0.2) is 27.5 Å². The molecular formula is C17H12N4O2S3. The predicted molar refractivity (Wildman–Crippen MR) is 104 cm³/mol. The highest BCUT2D eigenvalue weighted by Gasteiger charge is 2.19. The Labute approximate surface area is 161 Å². The summed E-state index contributed by atoms with van der Waals surface area (Å²) >= 11 is 4.40. The van der Waals surface area contributed by atoms with Crippen LogP contribution in [0.15, 0.2) is 67.2 Å². The molecule has 0 saturated heterocycles. The Bertz CT molecular complexity index is 1060. The minimum Gasteiger partial charge on any atom is -0.350 e. The van der Waals surface area contributed by atoms with Crippen LogP contribution in [0.2, 0.25) is 0 Å². The molecule has 0 radical (unpaired) electrons. The first kappa shape index (κ1) is 17.1. The smallest absolute Gasteiger partial charge is 0.296 e. The molecule has 6 nitrogen and oxygen atoms in total. The Kier molecular flexibility index (Phi) is 4.91. The molecule has 4 aromatic rings. The third-order valence-corrected chi connectivity index (χ3v) is 6.25. The molecule has 0 unspecified atom stereocenters. The summed E-state index contributed by atoms with van der Waals surface area (Å²) in [6.45, 7) is 0. The molecule has 0 aliphatic rings. The zero-order valence-corrected chi connectivity index (χ0v) is 16.0. The van der Waals surface area contributed by atoms with Crippen molar-refractivity contribution < 1.29 is 9.32 Å². The van der Waals surface area contributed by atoms with Crippen molar-refractivity contribution in [2.45, 2.75) is 14.1 Å². The molecule has 0 aliphatic heterocycles. The number of amides is 1. The number of hydrogen-bond acceptors (Lipinski definition) is 8. The fraction of sp³-hybridized carbons (Fsp3) is 0.0588. The van der Waals surface area contributed by atoms with Gasteiger partial charge in [0.25, 0.3) is 5.91 Å². The van der Waals surface area contributed by atoms with Gasteiger partial charge >= 0.3 is 0 Å². The molecule has 0 fully saturated rings. The van der Waals surface area contributed by atoms with Crippen LogP contribution in [0.25, 0.3) is 10.9 Å². The lowest BCUT2D eigenvalue weighted by Gasteiger charge is -2.02. The number of carbonyl (C=O) groups is 1. The summed E-state index contributed by atoms with van der Waals surface area (Å²) in [6.07, 6.45) is 1.90. The molecule has 4 rings (SSSR count). The molecule has 0 atom stereocenters. The molecular weight excluding hydrogens is 388 g/mol. The van der Waals surface area contributed by atoms with Gasteiger partial charge < -0.3 is 4.52 Å². The number of hydrogen-bond donors (Lipinski definition) is 1. The topological polar surface area (TPSA) is 80.9 Å². The molecule has 1 N–H and O–H groups in total. The van der Waals surface area contributed by atoms with Gasteiger partial charge in [0.15, 0.2) is 4.34 Å². The normalized spacial score (nSPS) is 11.0. The van der Waals surface area contributed by atoms with Gasteiger partial charge in [0.05, 0.1) is 5.39 Å². The maximum Gasteiger partial charge on any atom is 0.296 e. The first-order valence-electron chi connectivity index (χ1n) is 7.54. The SMILES string of the molecule is CSc1nnc(NC(=O)c2onc3ccc(Sc4ccccc4)cc23)s1. The van der Waals surface area contributed by atoms with Gasteiger partial charge in [-0.15, -0.1) is 10.2 Å². The van der Waals surface area contributed by atoms with Crippen LogP contribution < -0.4 is 5.32 Å². The second kappa shape index (κ2) is 7.48. The van der Waals surface area contributed by atoms with E-state index in [-0.39, 0.29) is 5.76 Å². The van der Waals surface area contributed by atoms with Crippen LogP contribution >= 0.6 is 34.9 Å². The minimum atomic E-state index is -0.391. The zero-order valence-electron chi connectivity index (χ0n) is 13.5. The Morgan fingerprint density at radius 3 is 2.73 bits per heavy atom. The van der Waals surface area contributed by atoms with Gasteiger partial charge in [-0.05, 0) is 36.6 Å². The summed E-state index contributed by atoms with van der Waals surface area (Å²) in [7, 11) is 0. The van der Waals surface area contributed by atoms with Crippen molar-refractivity contribution in [3.8, 4) is 0 Å². The van der Waals surface area contributed by atoms with Crippen molar-refractivity contribution in [2.75, 3.05) is 11.6 Å². The van der Waals surface area contributed by atoms with E-state index in [0.717, 1.165) is 14.1 Å². The average molecular weight is 401 g/mol. The van der Waals surface area contributed by atoms with Gasteiger partial charge in [-0.2, -0.15) is 0 Å². The Balaban J connectivity index is 1.60. The van der Waals surface area contributed by atoms with Crippen LogP contribution in [0.1, 0.15) is 10.6 Å². The van der Waals surface area contributed by atoms with Crippen LogP contribution in [-0.2, 0) is 0 Å². The van der Waals surface area contributed by atoms with Crippen LogP contribution in [0.5, 0.6) is 0 Å². The quantitative estimate of drug-likeness (QED) is 0.380. The number of aromatic nitrogens is 3. The van der Waals surface area contributed by atoms with Crippen LogP contribution in [0.4, 0.5) is 5.13 Å². The maximum atomic E-state index is 12.5. The summed E-state index contributed by atoms with van der Waals surface area (Å²) in [5.41, 5.74) is 0.634. The highest BCUT2D eigenvalue weighted by molar-refractivity contribution is 8.00. The lowest BCUT2D eigenvalue weighted by atomic mass is 10.2. The van der Waals surface area contributed by atoms with Gasteiger partial charge in [0, 0.05) is 9.79 Å². The largest absolute Gasteiger partial charge is 0.350 e. The number of nitrogens with one attached hydrogen (secondary N) is 1. The van der Waals surface area contributed by atoms with Crippen LogP contribution in [0, 0.1) is 0 Å². The van der Waals surface area contributed by atoms with E-state index in [0.29, 0.717) is 16.0 Å². The zero-order chi connectivity index (χ0) is 17.9. The number of carbonyl (C=O) groups excluding carboxylic acids is 1. The maximum absolute atomic E-state index is 12.5. The Hall–Kier alpha value is -2.36. The number of thioether (sulfide) groups is 1. The molecule has 0 aliphatic carbocycles. The average Bonchev–Trinajstić information content (AvgIpc) is 3.29. The number of benzene rings is 2. The van der Waals surface area contributed by atoms with Crippen molar-refractivity contribution >= 4 is 56.8 Å². The fourth-order valence-electron chi connectivity index (χ4n) is 2.27. The van der Waals surface area contributed by atoms with Crippen molar-refractivity contribution in [3.05, 3.63) is 54.3 Å². The first-order valence-corrected chi connectivity index (χ1v) is 10.4. The van der Waals surface area contributed by atoms with Crippen molar-refractivity contribution in [1.29, 1.82) is 0 Å². The first-order chi connectivity index (χ1) is 12.7. The standard InChI is InChI=1S/C17H12N4O2S3/c1-24-17-20-19-16(26-17)18-15(22)14-12-9-11(7-8-13(12)21-23-14)25-10-5-3-2-4-6-10/h2-9H,1H3,(H,18,19,22). The number of rotatable bonds is 5. The minimum absolute atomic E-state index is 0.163. The second-order valence-electron chi connectivity index (χ2n) is 5.14. The summed E-state index contributed by atoms with van der Waals surface area (Å²) in [5, 5.41) is 15.7. The molecule has 0 bridgehead atoms. The number of nitrogens with zero attached hydrogens (tertiary/aromatic N) is 3. The molecule has 130 valence electrons. The van der Waals surface area contributed by atoms with Crippen molar-refractivity contribution in [2.24, 2.45) is 0 Å². The summed E-state index contributed by atoms with van der Waals surface area (Å²) in [6, 6.07) is 15.7. The Morgan fingerprint density at radius 2 is 1.96 bits per heavy atom. The molecule has 9 heteroatoms. The van der Waals surface area contributed by atoms with Crippen molar-refractivity contribution in [3.63, 3.8) is 0 Å². The molecule has 2 heterocycles. The van der Waals surface area contributed by atoms with E-state index in [4.69, 9.17) is 4.52 Å². The summed E-state index contributed by atoms with van der Waals surface area (Å²) < 4.78 is 6.05. The lowest BCUT2D eigenvalue weighted by Crippen LogP contribution is -2.11. The van der Waals surface area contributed by atoms with E-state index < -0.39 is 5.91 Å². The molecule has 2 aromatic heterocycles. The highest BCUT2D eigenvalue weighted by atomic mass is 32.2. The van der Waals surface area contributed by atoms with Crippen LogP contribution in [0.3, 0.4) is 0 Å². The lowest BCUT2D eigenvalue weighted by molar-refractivity contribution is 0.0990. The van der Waals surface area contributed by atoms with Gasteiger partial charge in [0.2, 0.25) is 10.9 Å². The molecule has 1 amide bonds. The monoisotopic (exact) mass is 400 g/mol. The molecule has 0 saturated carbocycles. The highest BCUT2D eigenvalue weighted by Crippen LogP contribution is 2.31. The van der Waals surface area contributed by atoms with Gasteiger partial charge in [-0.1, -0.05) is 58.2 Å². The number of fused-ring (bicyclic) bond motifs is 1. The second-order valence-corrected chi connectivity index (χ2v) is 8.31. The van der Waals surface area contributed by atoms with Gasteiger partial charge in [-0.25, -0.2) is 0 Å². The number of anilines is 1. The van der Waals surface area contributed by atoms with E-state index in [2.05, 4.69) is 20.7 Å². The van der Waals surface area contributed by atoms with E-state index in [1.807, 2.05) is 54.8 Å². The molecule has 0 spiro atoms. The summed E-state index contributed by atoms with van der Waals surface area (Å²) in [4.78, 5) is 14.7. The predicted octanol–water partition coefficient (Wildman–Crippen LogP) is 4.80. The summed E-state index contributed by atoms with van der Waals surface area (Å²) in [5.74, 6) is -0.227. The van der Waals surface area contributed by atoms with E-state index in [9.17, 15) is 4.79 Å². The molecule has 2 aromatic carbocycles. The third-order valence-electron chi connectivity index (χ3n) is 3.43. The van der Waals surface area contributed by atoms with Gasteiger partial charge in [-0.3, -0.25) is 10.1 Å². The fourth-order valence-corrected chi connectivity index (χ4v) is 4.31. The van der Waals surface area contributed by atoms with E-state index >= 15 is 0 Å². The third kappa shape index (κ3) is 3.59. The van der Waals surface area contributed by atoms with E-state index in [1.165, 1.54) is 23.1 Å². The molecule has 26 heavy (non-hydrogen) atoms. The van der Waals surface area contributed by atoms with E-state index in [1.54, 1.807) is 11.8 Å². The van der Waals surface area contributed by atoms with Gasteiger partial charge in [0.1, 0.15) is 5.52 Å². The van der Waals surface area contributed by atoms with Crippen molar-refractivity contribution in [1.82, 2.24) is 15.4 Å². The Morgan fingerprint density at radius 1 is 1.12 bits per heavy atom.